The zero-order chi connectivity index (χ0) is 15.8. The van der Waals surface area contributed by atoms with Crippen LogP contribution in [-0.2, 0) is 10.0 Å². The Morgan fingerprint density at radius 1 is 1.24 bits per heavy atom. The molecule has 0 bridgehead atoms. The van der Waals surface area contributed by atoms with Crippen LogP contribution in [0, 0.1) is 12.7 Å². The Morgan fingerprint density at radius 2 is 1.86 bits per heavy atom. The van der Waals surface area contributed by atoms with E-state index in [4.69, 9.17) is 17.3 Å². The second kappa shape index (κ2) is 5.54. The fourth-order valence-corrected chi connectivity index (χ4v) is 3.64. The summed E-state index contributed by atoms with van der Waals surface area (Å²) in [5.74, 6) is -1.00. The van der Waals surface area contributed by atoms with Crippen molar-refractivity contribution in [2.24, 2.45) is 0 Å². The molecule has 0 saturated heterocycles. The topological polar surface area (TPSA) is 63.4 Å². The number of aryl methyl sites for hydroxylation is 1. The SMILES string of the molecule is Cc1ccccc1N(C)S(=O)(=O)c1cc(Cl)cc(N)c1F. The Balaban J connectivity index is 2.60. The summed E-state index contributed by atoms with van der Waals surface area (Å²) < 4.78 is 40.2. The normalized spacial score (nSPS) is 11.4. The molecule has 0 radical (unpaired) electrons. The smallest absolute Gasteiger partial charge is 0.267 e. The Kier molecular flexibility index (Phi) is 4.11. The third-order valence-electron chi connectivity index (χ3n) is 3.13. The predicted octanol–water partition coefficient (Wildman–Crippen LogP) is 3.19. The molecular formula is C14H14ClFN2O2S. The zero-order valence-corrected chi connectivity index (χ0v) is 13.0. The van der Waals surface area contributed by atoms with Crippen molar-refractivity contribution in [3.63, 3.8) is 0 Å². The first kappa shape index (κ1) is 15.6. The van der Waals surface area contributed by atoms with Gasteiger partial charge in [0, 0.05) is 12.1 Å². The first-order valence-electron chi connectivity index (χ1n) is 6.04. The summed E-state index contributed by atoms with van der Waals surface area (Å²) in [6.45, 7) is 1.77. The highest BCUT2D eigenvalue weighted by Gasteiger charge is 2.27. The number of rotatable bonds is 3. The summed E-state index contributed by atoms with van der Waals surface area (Å²) in [4.78, 5) is -0.543. The highest BCUT2D eigenvalue weighted by molar-refractivity contribution is 7.92. The number of sulfonamides is 1. The number of anilines is 2. The standard InChI is InChI=1S/C14H14ClFN2O2S/c1-9-5-3-4-6-12(9)18(2)21(19,20)13-8-10(15)7-11(17)14(13)16/h3-8H,17H2,1-2H3. The van der Waals surface area contributed by atoms with Gasteiger partial charge in [-0.3, -0.25) is 4.31 Å². The van der Waals surface area contributed by atoms with Gasteiger partial charge < -0.3 is 5.73 Å². The number of para-hydroxylation sites is 1. The Hall–Kier alpha value is -1.79. The van der Waals surface area contributed by atoms with E-state index in [-0.39, 0.29) is 10.7 Å². The molecule has 0 atom stereocenters. The van der Waals surface area contributed by atoms with Gasteiger partial charge in [-0.1, -0.05) is 29.8 Å². The largest absolute Gasteiger partial charge is 0.396 e. The van der Waals surface area contributed by atoms with Crippen LogP contribution in [0.25, 0.3) is 0 Å². The lowest BCUT2D eigenvalue weighted by molar-refractivity contribution is 0.568. The van der Waals surface area contributed by atoms with Gasteiger partial charge in [-0.2, -0.15) is 0 Å². The average molecular weight is 329 g/mol. The minimum absolute atomic E-state index is 0.0608. The fraction of sp³-hybridized carbons (Fsp3) is 0.143. The van der Waals surface area contributed by atoms with Crippen LogP contribution in [0.2, 0.25) is 5.02 Å². The van der Waals surface area contributed by atoms with Gasteiger partial charge in [0.2, 0.25) is 0 Å². The molecule has 2 aromatic rings. The van der Waals surface area contributed by atoms with Crippen LogP contribution in [0.15, 0.2) is 41.3 Å². The zero-order valence-electron chi connectivity index (χ0n) is 11.5. The van der Waals surface area contributed by atoms with E-state index < -0.39 is 20.7 Å². The van der Waals surface area contributed by atoms with Crippen molar-refractivity contribution in [1.29, 1.82) is 0 Å². The van der Waals surface area contributed by atoms with Gasteiger partial charge in [-0.25, -0.2) is 12.8 Å². The number of nitrogen functional groups attached to an aromatic ring is 1. The van der Waals surface area contributed by atoms with E-state index in [0.717, 1.165) is 15.9 Å². The summed E-state index contributed by atoms with van der Waals surface area (Å²) in [5.41, 5.74) is 6.34. The molecule has 21 heavy (non-hydrogen) atoms. The monoisotopic (exact) mass is 328 g/mol. The van der Waals surface area contributed by atoms with Crippen LogP contribution in [-0.4, -0.2) is 15.5 Å². The van der Waals surface area contributed by atoms with Crippen molar-refractivity contribution < 1.29 is 12.8 Å². The summed E-state index contributed by atoms with van der Waals surface area (Å²) in [6.07, 6.45) is 0. The lowest BCUT2D eigenvalue weighted by atomic mass is 10.2. The van der Waals surface area contributed by atoms with Gasteiger partial charge >= 0.3 is 0 Å². The van der Waals surface area contributed by atoms with Crippen LogP contribution in [0.4, 0.5) is 15.8 Å². The molecular weight excluding hydrogens is 315 g/mol. The third kappa shape index (κ3) is 2.82. The van der Waals surface area contributed by atoms with Gasteiger partial charge in [-0.15, -0.1) is 0 Å². The van der Waals surface area contributed by atoms with E-state index >= 15 is 0 Å². The van der Waals surface area contributed by atoms with Crippen molar-refractivity contribution in [3.8, 4) is 0 Å². The lowest BCUT2D eigenvalue weighted by Crippen LogP contribution is -2.28. The van der Waals surface area contributed by atoms with Crippen molar-refractivity contribution in [3.05, 3.63) is 52.8 Å². The molecule has 0 heterocycles. The molecule has 2 aromatic carbocycles. The quantitative estimate of drug-likeness (QED) is 0.880. The first-order chi connectivity index (χ1) is 9.75. The van der Waals surface area contributed by atoms with E-state index in [1.807, 2.05) is 0 Å². The molecule has 0 aliphatic carbocycles. The van der Waals surface area contributed by atoms with Crippen molar-refractivity contribution in [2.75, 3.05) is 17.1 Å². The molecule has 2 rings (SSSR count). The van der Waals surface area contributed by atoms with E-state index in [1.165, 1.54) is 13.1 Å². The van der Waals surface area contributed by atoms with Gasteiger partial charge in [0.25, 0.3) is 10.0 Å². The van der Waals surface area contributed by atoms with Gasteiger partial charge in [0.1, 0.15) is 4.90 Å². The molecule has 0 spiro atoms. The molecule has 0 amide bonds. The van der Waals surface area contributed by atoms with Crippen LogP contribution < -0.4 is 10.0 Å². The number of nitrogens with zero attached hydrogens (tertiary/aromatic N) is 1. The third-order valence-corrected chi connectivity index (χ3v) is 5.11. The first-order valence-corrected chi connectivity index (χ1v) is 7.86. The average Bonchev–Trinajstić information content (AvgIpc) is 2.42. The molecule has 0 aliphatic rings. The summed E-state index contributed by atoms with van der Waals surface area (Å²) in [6, 6.07) is 9.12. The second-order valence-corrected chi connectivity index (χ2v) is 6.94. The Labute approximate surface area is 128 Å². The Bertz CT molecular complexity index is 794. The van der Waals surface area contributed by atoms with E-state index in [0.29, 0.717) is 5.69 Å². The fourth-order valence-electron chi connectivity index (χ4n) is 1.97. The highest BCUT2D eigenvalue weighted by Crippen LogP contribution is 2.30. The maximum Gasteiger partial charge on any atom is 0.267 e. The molecule has 0 fully saturated rings. The number of halogens is 2. The molecule has 2 N–H and O–H groups in total. The van der Waals surface area contributed by atoms with Crippen LogP contribution in [0.1, 0.15) is 5.56 Å². The van der Waals surface area contributed by atoms with Gasteiger partial charge in [-0.05, 0) is 30.7 Å². The molecule has 0 saturated carbocycles. The van der Waals surface area contributed by atoms with Crippen molar-refractivity contribution in [1.82, 2.24) is 0 Å². The highest BCUT2D eigenvalue weighted by atomic mass is 35.5. The molecule has 4 nitrogen and oxygen atoms in total. The lowest BCUT2D eigenvalue weighted by Gasteiger charge is -2.22. The molecule has 112 valence electrons. The van der Waals surface area contributed by atoms with E-state index in [1.54, 1.807) is 31.2 Å². The molecule has 0 aromatic heterocycles. The maximum atomic E-state index is 14.1. The maximum absolute atomic E-state index is 14.1. The van der Waals surface area contributed by atoms with E-state index in [2.05, 4.69) is 0 Å². The minimum atomic E-state index is -4.10. The summed E-state index contributed by atoms with van der Waals surface area (Å²) in [7, 11) is -2.74. The summed E-state index contributed by atoms with van der Waals surface area (Å²) >= 11 is 5.78. The molecule has 0 aliphatic heterocycles. The summed E-state index contributed by atoms with van der Waals surface area (Å²) in [5, 5.41) is 0.0608. The van der Waals surface area contributed by atoms with Crippen molar-refractivity contribution >= 4 is 33.0 Å². The van der Waals surface area contributed by atoms with Crippen LogP contribution in [0.5, 0.6) is 0 Å². The number of hydrogen-bond acceptors (Lipinski definition) is 3. The number of nitrogens with two attached hydrogens (primary N) is 1. The van der Waals surface area contributed by atoms with Crippen LogP contribution in [0.3, 0.4) is 0 Å². The minimum Gasteiger partial charge on any atom is -0.396 e. The van der Waals surface area contributed by atoms with Gasteiger partial charge in [0.15, 0.2) is 5.82 Å². The van der Waals surface area contributed by atoms with Crippen LogP contribution >= 0.6 is 11.6 Å². The number of hydrogen-bond donors (Lipinski definition) is 1. The Morgan fingerprint density at radius 3 is 2.48 bits per heavy atom. The predicted molar refractivity (Wildman–Crippen MR) is 82.6 cm³/mol. The number of benzene rings is 2. The van der Waals surface area contributed by atoms with Crippen molar-refractivity contribution in [2.45, 2.75) is 11.8 Å². The molecule has 0 unspecified atom stereocenters. The van der Waals surface area contributed by atoms with Gasteiger partial charge in [0.05, 0.1) is 11.4 Å². The van der Waals surface area contributed by atoms with E-state index in [9.17, 15) is 12.8 Å². The second-order valence-electron chi connectivity index (χ2n) is 4.57. The molecule has 7 heteroatoms.